The van der Waals surface area contributed by atoms with Crippen LogP contribution in [-0.4, -0.2) is 59.7 Å². The van der Waals surface area contributed by atoms with Crippen LogP contribution in [0.2, 0.25) is 0 Å². The third-order valence-corrected chi connectivity index (χ3v) is 7.17. The molecule has 39 heavy (non-hydrogen) atoms. The number of nitrogens with one attached hydrogen (secondary N) is 1. The van der Waals surface area contributed by atoms with Gasteiger partial charge in [0.25, 0.3) is 5.69 Å². The van der Waals surface area contributed by atoms with E-state index in [2.05, 4.69) is 10.2 Å². The van der Waals surface area contributed by atoms with Gasteiger partial charge in [-0.15, -0.1) is 0 Å². The van der Waals surface area contributed by atoms with Crippen molar-refractivity contribution >= 4 is 22.5 Å². The zero-order valence-electron chi connectivity index (χ0n) is 21.6. The highest BCUT2D eigenvalue weighted by molar-refractivity contribution is 5.88. The maximum atomic E-state index is 14.4. The van der Waals surface area contributed by atoms with Crippen LogP contribution < -0.4 is 5.32 Å². The molecule has 1 aliphatic rings. The molecular weight excluding hydrogens is 499 g/mol. The number of ether oxygens (including phenoxy) is 1. The first-order valence-electron chi connectivity index (χ1n) is 13.1. The number of halogens is 1. The summed E-state index contributed by atoms with van der Waals surface area (Å²) in [6, 6.07) is 20.9. The van der Waals surface area contributed by atoms with E-state index < -0.39 is 16.7 Å². The van der Waals surface area contributed by atoms with Gasteiger partial charge in [0.1, 0.15) is 5.82 Å². The van der Waals surface area contributed by atoms with Gasteiger partial charge in [0.2, 0.25) is 5.91 Å². The molecule has 0 saturated carbocycles. The lowest BCUT2D eigenvalue weighted by Gasteiger charge is -2.26. The van der Waals surface area contributed by atoms with E-state index in [1.165, 1.54) is 18.2 Å². The summed E-state index contributed by atoms with van der Waals surface area (Å²) in [4.78, 5) is 26.6. The number of hydrogen-bond acceptors (Lipinski definition) is 5. The van der Waals surface area contributed by atoms with Crippen molar-refractivity contribution in [1.29, 1.82) is 0 Å². The van der Waals surface area contributed by atoms with Crippen molar-refractivity contribution in [2.24, 2.45) is 0 Å². The molecule has 1 aromatic heterocycles. The Kier molecular flexibility index (Phi) is 8.29. The van der Waals surface area contributed by atoms with Crippen molar-refractivity contribution in [3.63, 3.8) is 0 Å². The van der Waals surface area contributed by atoms with E-state index in [9.17, 15) is 19.3 Å². The van der Waals surface area contributed by atoms with Crippen molar-refractivity contribution in [1.82, 2.24) is 14.8 Å². The normalized spacial score (nSPS) is 14.8. The minimum atomic E-state index is -0.495. The molecule has 5 rings (SSSR count). The number of hydrogen-bond donors (Lipinski definition) is 1. The smallest absolute Gasteiger partial charge is 0.270 e. The Bertz CT molecular complexity index is 1450. The second-order valence-corrected chi connectivity index (χ2v) is 9.77. The lowest BCUT2D eigenvalue weighted by atomic mass is 9.88. The van der Waals surface area contributed by atoms with E-state index in [0.717, 1.165) is 36.3 Å². The molecule has 3 aromatic carbocycles. The molecule has 0 unspecified atom stereocenters. The van der Waals surface area contributed by atoms with Crippen LogP contribution >= 0.6 is 0 Å². The summed E-state index contributed by atoms with van der Waals surface area (Å²) in [5.74, 6) is -1.05. The quantitative estimate of drug-likeness (QED) is 0.237. The first kappa shape index (κ1) is 26.5. The molecule has 0 radical (unpaired) electrons. The summed E-state index contributed by atoms with van der Waals surface area (Å²) in [6.07, 6.45) is 2.03. The van der Waals surface area contributed by atoms with Crippen molar-refractivity contribution in [3.8, 4) is 0 Å². The molecule has 4 aromatic rings. The van der Waals surface area contributed by atoms with E-state index in [-0.39, 0.29) is 18.0 Å². The van der Waals surface area contributed by atoms with Gasteiger partial charge >= 0.3 is 0 Å². The highest BCUT2D eigenvalue weighted by Crippen LogP contribution is 2.37. The van der Waals surface area contributed by atoms with E-state index in [4.69, 9.17) is 4.74 Å². The van der Waals surface area contributed by atoms with Gasteiger partial charge in [-0.1, -0.05) is 42.5 Å². The van der Waals surface area contributed by atoms with Crippen LogP contribution in [0, 0.1) is 15.9 Å². The molecule has 9 heteroatoms. The zero-order valence-corrected chi connectivity index (χ0v) is 21.6. The summed E-state index contributed by atoms with van der Waals surface area (Å²) in [5.41, 5.74) is 3.24. The number of carbonyl (C=O) groups excluding carboxylic acids is 1. The van der Waals surface area contributed by atoms with Crippen LogP contribution in [0.15, 0.2) is 79.0 Å². The maximum Gasteiger partial charge on any atom is 0.270 e. The lowest BCUT2D eigenvalue weighted by Crippen LogP contribution is -2.41. The summed E-state index contributed by atoms with van der Waals surface area (Å²) < 4.78 is 21.8. The first-order chi connectivity index (χ1) is 19.0. The zero-order chi connectivity index (χ0) is 27.2. The Labute approximate surface area is 226 Å². The standard InChI is InChI=1S/C30H31FN4O4/c31-24-8-4-7-23(17-24)26(19-30(36)32-11-12-33-13-15-39-16-14-33)28-21-34(20-22-5-2-1-3-6-22)29-10-9-25(35(37)38)18-27(28)29/h1-10,17-18,21,26H,11-16,19-20H2,(H,32,36)/t26-/m1/s1. The van der Waals surface area contributed by atoms with Crippen molar-refractivity contribution in [2.45, 2.75) is 18.9 Å². The summed E-state index contributed by atoms with van der Waals surface area (Å²) >= 11 is 0. The number of amides is 1. The van der Waals surface area contributed by atoms with E-state index in [1.807, 2.05) is 41.1 Å². The Morgan fingerprint density at radius 2 is 1.85 bits per heavy atom. The van der Waals surface area contributed by atoms with E-state index in [1.54, 1.807) is 24.3 Å². The van der Waals surface area contributed by atoms with Gasteiger partial charge in [0, 0.05) is 74.3 Å². The summed E-state index contributed by atoms with van der Waals surface area (Å²) in [6.45, 7) is 4.82. The largest absolute Gasteiger partial charge is 0.379 e. The Hall–Kier alpha value is -4.08. The van der Waals surface area contributed by atoms with Gasteiger partial charge < -0.3 is 14.6 Å². The number of nitrogens with zero attached hydrogens (tertiary/aromatic N) is 3. The third kappa shape index (κ3) is 6.50. The minimum absolute atomic E-state index is 0.0332. The number of aromatic nitrogens is 1. The average Bonchev–Trinajstić information content (AvgIpc) is 3.30. The molecule has 8 nitrogen and oxygen atoms in total. The van der Waals surface area contributed by atoms with Crippen LogP contribution in [0.1, 0.15) is 29.0 Å². The molecule has 0 aliphatic carbocycles. The number of non-ortho nitro benzene ring substituents is 1. The molecule has 1 N–H and O–H groups in total. The number of nitro benzene ring substituents is 1. The van der Waals surface area contributed by atoms with E-state index in [0.29, 0.717) is 37.3 Å². The van der Waals surface area contributed by atoms with Crippen molar-refractivity contribution < 1.29 is 18.8 Å². The van der Waals surface area contributed by atoms with Crippen LogP contribution in [0.4, 0.5) is 10.1 Å². The van der Waals surface area contributed by atoms with Crippen LogP contribution in [-0.2, 0) is 16.1 Å². The number of benzene rings is 3. The fourth-order valence-electron chi connectivity index (χ4n) is 5.18. The van der Waals surface area contributed by atoms with Gasteiger partial charge in [-0.2, -0.15) is 0 Å². The monoisotopic (exact) mass is 530 g/mol. The maximum absolute atomic E-state index is 14.4. The summed E-state index contributed by atoms with van der Waals surface area (Å²) in [7, 11) is 0. The van der Waals surface area contributed by atoms with Gasteiger partial charge in [0.15, 0.2) is 0 Å². The second kappa shape index (κ2) is 12.2. The Morgan fingerprint density at radius 3 is 2.59 bits per heavy atom. The SMILES string of the molecule is O=C(C[C@H](c1cccc(F)c1)c1cn(Cc2ccccc2)c2ccc([N+](=O)[O-])cc12)NCCN1CCOCC1. The fraction of sp³-hybridized carbons (Fsp3) is 0.300. The van der Waals surface area contributed by atoms with Gasteiger partial charge in [0.05, 0.1) is 18.1 Å². The van der Waals surface area contributed by atoms with Crippen LogP contribution in [0.3, 0.4) is 0 Å². The Balaban J connectivity index is 1.48. The predicted molar refractivity (Wildman–Crippen MR) is 147 cm³/mol. The molecule has 1 atom stereocenters. The minimum Gasteiger partial charge on any atom is -0.379 e. The molecule has 0 bridgehead atoms. The highest BCUT2D eigenvalue weighted by atomic mass is 19.1. The van der Waals surface area contributed by atoms with Gasteiger partial charge in [-0.05, 0) is 34.9 Å². The number of fused-ring (bicyclic) bond motifs is 1. The molecular formula is C30H31FN4O4. The Morgan fingerprint density at radius 1 is 1.05 bits per heavy atom. The fourth-order valence-corrected chi connectivity index (χ4v) is 5.18. The van der Waals surface area contributed by atoms with Crippen LogP contribution in [0.25, 0.3) is 10.9 Å². The molecule has 1 fully saturated rings. The van der Waals surface area contributed by atoms with Crippen LogP contribution in [0.5, 0.6) is 0 Å². The number of morpholine rings is 1. The highest BCUT2D eigenvalue weighted by Gasteiger charge is 2.25. The lowest BCUT2D eigenvalue weighted by molar-refractivity contribution is -0.384. The number of carbonyl (C=O) groups is 1. The molecule has 202 valence electrons. The number of rotatable bonds is 10. The molecule has 1 saturated heterocycles. The van der Waals surface area contributed by atoms with Gasteiger partial charge in [-0.3, -0.25) is 19.8 Å². The van der Waals surface area contributed by atoms with Crippen molar-refractivity contribution in [2.75, 3.05) is 39.4 Å². The first-order valence-corrected chi connectivity index (χ1v) is 13.1. The molecule has 1 amide bonds. The molecule has 0 spiro atoms. The topological polar surface area (TPSA) is 89.6 Å². The average molecular weight is 531 g/mol. The predicted octanol–water partition coefficient (Wildman–Crippen LogP) is 4.71. The third-order valence-electron chi connectivity index (χ3n) is 7.17. The molecule has 2 heterocycles. The molecule has 1 aliphatic heterocycles. The van der Waals surface area contributed by atoms with Crippen molar-refractivity contribution in [3.05, 3.63) is 112 Å². The second-order valence-electron chi connectivity index (χ2n) is 9.77. The summed E-state index contributed by atoms with van der Waals surface area (Å²) in [5, 5.41) is 15.3. The number of nitro groups is 1. The van der Waals surface area contributed by atoms with E-state index >= 15 is 0 Å². The van der Waals surface area contributed by atoms with Gasteiger partial charge in [-0.25, -0.2) is 4.39 Å².